The van der Waals surface area contributed by atoms with Gasteiger partial charge in [0, 0.05) is 32.6 Å². The zero-order valence-electron chi connectivity index (χ0n) is 11.7. The summed E-state index contributed by atoms with van der Waals surface area (Å²) < 4.78 is 0. The molecule has 0 aromatic heterocycles. The fraction of sp³-hybridized carbons (Fsp3) is 0.769. The van der Waals surface area contributed by atoms with Crippen molar-refractivity contribution in [3.05, 3.63) is 0 Å². The molecule has 0 saturated carbocycles. The SMILES string of the molecule is CCCNC(=O)N1CCC(N2CC(C(=O)O)CC2=O)C1. The van der Waals surface area contributed by atoms with E-state index in [4.69, 9.17) is 5.11 Å². The van der Waals surface area contributed by atoms with Crippen LogP contribution in [0.15, 0.2) is 0 Å². The highest BCUT2D eigenvalue weighted by molar-refractivity contribution is 5.86. The number of carboxylic acid groups (broad SMARTS) is 1. The van der Waals surface area contributed by atoms with Gasteiger partial charge in [-0.25, -0.2) is 4.79 Å². The van der Waals surface area contributed by atoms with Crippen molar-refractivity contribution < 1.29 is 19.5 Å². The van der Waals surface area contributed by atoms with Crippen LogP contribution in [0.2, 0.25) is 0 Å². The number of aliphatic carboxylic acids is 1. The molecule has 2 unspecified atom stereocenters. The monoisotopic (exact) mass is 283 g/mol. The van der Waals surface area contributed by atoms with Gasteiger partial charge in [0.2, 0.25) is 5.91 Å². The lowest BCUT2D eigenvalue weighted by Gasteiger charge is -2.24. The van der Waals surface area contributed by atoms with Gasteiger partial charge in [-0.3, -0.25) is 9.59 Å². The largest absolute Gasteiger partial charge is 0.481 e. The van der Waals surface area contributed by atoms with E-state index in [1.54, 1.807) is 9.80 Å². The van der Waals surface area contributed by atoms with Crippen molar-refractivity contribution in [2.75, 3.05) is 26.2 Å². The predicted octanol–water partition coefficient (Wildman–Crippen LogP) is 0.113. The minimum Gasteiger partial charge on any atom is -0.481 e. The standard InChI is InChI=1S/C13H21N3O4/c1-2-4-14-13(20)15-5-3-10(8-15)16-7-9(12(18)19)6-11(16)17/h9-10H,2-8H2,1H3,(H,14,20)(H,18,19). The molecule has 3 amide bonds. The van der Waals surface area contributed by atoms with E-state index < -0.39 is 11.9 Å². The van der Waals surface area contributed by atoms with Crippen molar-refractivity contribution in [2.24, 2.45) is 5.92 Å². The van der Waals surface area contributed by atoms with E-state index in [0.717, 1.165) is 12.8 Å². The molecule has 2 atom stereocenters. The minimum absolute atomic E-state index is 0.0424. The highest BCUT2D eigenvalue weighted by Gasteiger charge is 2.40. The summed E-state index contributed by atoms with van der Waals surface area (Å²) in [5.41, 5.74) is 0. The molecule has 2 heterocycles. The summed E-state index contributed by atoms with van der Waals surface area (Å²) in [6.07, 6.45) is 1.68. The zero-order chi connectivity index (χ0) is 14.7. The second-order valence-electron chi connectivity index (χ2n) is 5.41. The summed E-state index contributed by atoms with van der Waals surface area (Å²) in [5.74, 6) is -1.64. The highest BCUT2D eigenvalue weighted by atomic mass is 16.4. The number of carboxylic acids is 1. The third-order valence-electron chi connectivity index (χ3n) is 3.93. The number of urea groups is 1. The molecule has 0 aromatic carbocycles. The fourth-order valence-corrected chi connectivity index (χ4v) is 2.77. The van der Waals surface area contributed by atoms with Gasteiger partial charge in [-0.05, 0) is 12.8 Å². The van der Waals surface area contributed by atoms with Crippen molar-refractivity contribution in [1.82, 2.24) is 15.1 Å². The summed E-state index contributed by atoms with van der Waals surface area (Å²) in [5, 5.41) is 11.8. The molecule has 2 saturated heterocycles. The van der Waals surface area contributed by atoms with Gasteiger partial charge in [0.1, 0.15) is 0 Å². The van der Waals surface area contributed by atoms with Crippen molar-refractivity contribution >= 4 is 17.9 Å². The Hall–Kier alpha value is -1.79. The second-order valence-corrected chi connectivity index (χ2v) is 5.41. The molecule has 0 aliphatic carbocycles. The Morgan fingerprint density at radius 1 is 1.40 bits per heavy atom. The van der Waals surface area contributed by atoms with Gasteiger partial charge >= 0.3 is 12.0 Å². The van der Waals surface area contributed by atoms with Crippen LogP contribution in [0.3, 0.4) is 0 Å². The first-order chi connectivity index (χ1) is 9.52. The Bertz CT molecular complexity index is 412. The molecule has 7 nitrogen and oxygen atoms in total. The number of carbonyl (C=O) groups excluding carboxylic acids is 2. The average Bonchev–Trinajstić information content (AvgIpc) is 3.02. The lowest BCUT2D eigenvalue weighted by molar-refractivity contribution is -0.141. The fourth-order valence-electron chi connectivity index (χ4n) is 2.77. The summed E-state index contributed by atoms with van der Waals surface area (Å²) in [6.45, 7) is 4.00. The first-order valence-electron chi connectivity index (χ1n) is 7.08. The molecule has 7 heteroatoms. The molecule has 112 valence electrons. The number of rotatable bonds is 4. The number of hydrogen-bond donors (Lipinski definition) is 2. The van der Waals surface area contributed by atoms with E-state index in [2.05, 4.69) is 5.32 Å². The molecule has 2 aliphatic rings. The summed E-state index contributed by atoms with van der Waals surface area (Å²) in [6, 6.07) is -0.144. The minimum atomic E-state index is -0.920. The molecule has 2 rings (SSSR count). The number of likely N-dealkylation sites (tertiary alicyclic amines) is 2. The maximum Gasteiger partial charge on any atom is 0.317 e. The number of nitrogens with zero attached hydrogens (tertiary/aromatic N) is 2. The van der Waals surface area contributed by atoms with Crippen molar-refractivity contribution in [2.45, 2.75) is 32.2 Å². The van der Waals surface area contributed by atoms with E-state index >= 15 is 0 Å². The Balaban J connectivity index is 1.88. The van der Waals surface area contributed by atoms with Crippen LogP contribution in [0.25, 0.3) is 0 Å². The summed E-state index contributed by atoms with van der Waals surface area (Å²) in [7, 11) is 0. The maximum absolute atomic E-state index is 11.9. The van der Waals surface area contributed by atoms with Crippen LogP contribution in [0.4, 0.5) is 4.79 Å². The first-order valence-corrected chi connectivity index (χ1v) is 7.08. The van der Waals surface area contributed by atoms with Crippen molar-refractivity contribution in [3.63, 3.8) is 0 Å². The lowest BCUT2D eigenvalue weighted by atomic mass is 10.1. The summed E-state index contributed by atoms with van der Waals surface area (Å²) >= 11 is 0. The first kappa shape index (κ1) is 14.6. The van der Waals surface area contributed by atoms with Crippen LogP contribution in [-0.2, 0) is 9.59 Å². The molecular weight excluding hydrogens is 262 g/mol. The highest BCUT2D eigenvalue weighted by Crippen LogP contribution is 2.25. The van der Waals surface area contributed by atoms with Crippen LogP contribution in [-0.4, -0.2) is 65.0 Å². The Kier molecular flexibility index (Phi) is 4.46. The van der Waals surface area contributed by atoms with E-state index in [1.165, 1.54) is 0 Å². The Morgan fingerprint density at radius 2 is 2.15 bits per heavy atom. The predicted molar refractivity (Wildman–Crippen MR) is 71.1 cm³/mol. The molecule has 0 radical (unpaired) electrons. The van der Waals surface area contributed by atoms with Gasteiger partial charge in [-0.15, -0.1) is 0 Å². The van der Waals surface area contributed by atoms with Crippen LogP contribution in [0.5, 0.6) is 0 Å². The summed E-state index contributed by atoms with van der Waals surface area (Å²) in [4.78, 5) is 38.0. The quantitative estimate of drug-likeness (QED) is 0.766. The number of hydrogen-bond acceptors (Lipinski definition) is 3. The zero-order valence-corrected chi connectivity index (χ0v) is 11.7. The molecule has 0 spiro atoms. The normalized spacial score (nSPS) is 26.1. The lowest BCUT2D eigenvalue weighted by Crippen LogP contribution is -2.43. The maximum atomic E-state index is 11.9. The molecule has 20 heavy (non-hydrogen) atoms. The molecule has 2 aliphatic heterocycles. The third-order valence-corrected chi connectivity index (χ3v) is 3.93. The second kappa shape index (κ2) is 6.11. The molecule has 0 aromatic rings. The number of nitrogens with one attached hydrogen (secondary N) is 1. The van der Waals surface area contributed by atoms with Crippen LogP contribution < -0.4 is 5.32 Å². The van der Waals surface area contributed by atoms with E-state index in [-0.39, 0.29) is 30.9 Å². The average molecular weight is 283 g/mol. The molecule has 2 N–H and O–H groups in total. The van der Waals surface area contributed by atoms with Crippen molar-refractivity contribution in [3.8, 4) is 0 Å². The molecular formula is C13H21N3O4. The van der Waals surface area contributed by atoms with Crippen LogP contribution >= 0.6 is 0 Å². The van der Waals surface area contributed by atoms with E-state index in [1.807, 2.05) is 6.92 Å². The molecule has 2 fully saturated rings. The van der Waals surface area contributed by atoms with Gasteiger partial charge in [0.25, 0.3) is 0 Å². The van der Waals surface area contributed by atoms with Crippen LogP contribution in [0.1, 0.15) is 26.2 Å². The molecule has 0 bridgehead atoms. The Labute approximate surface area is 117 Å². The number of carbonyl (C=O) groups is 3. The topological polar surface area (TPSA) is 90.0 Å². The smallest absolute Gasteiger partial charge is 0.317 e. The van der Waals surface area contributed by atoms with E-state index in [0.29, 0.717) is 19.6 Å². The third kappa shape index (κ3) is 3.02. The van der Waals surface area contributed by atoms with Gasteiger partial charge in [-0.1, -0.05) is 6.92 Å². The van der Waals surface area contributed by atoms with Crippen molar-refractivity contribution in [1.29, 1.82) is 0 Å². The number of amides is 3. The van der Waals surface area contributed by atoms with Crippen LogP contribution in [0, 0.1) is 5.92 Å². The van der Waals surface area contributed by atoms with E-state index in [9.17, 15) is 14.4 Å². The van der Waals surface area contributed by atoms with Gasteiger partial charge < -0.3 is 20.2 Å². The Morgan fingerprint density at radius 3 is 2.75 bits per heavy atom. The van der Waals surface area contributed by atoms with Gasteiger partial charge in [0.15, 0.2) is 0 Å². The van der Waals surface area contributed by atoms with Gasteiger partial charge in [-0.2, -0.15) is 0 Å². The van der Waals surface area contributed by atoms with Gasteiger partial charge in [0.05, 0.1) is 12.0 Å².